The summed E-state index contributed by atoms with van der Waals surface area (Å²) in [5.74, 6) is 2.51. The van der Waals surface area contributed by atoms with Crippen LogP contribution in [0, 0.1) is 29.6 Å². The highest BCUT2D eigenvalue weighted by Gasteiger charge is 2.15. The molecule has 2 aromatic heterocycles. The molecule has 0 aliphatic heterocycles. The maximum atomic E-state index is 12.7. The van der Waals surface area contributed by atoms with E-state index in [0.29, 0.717) is 21.5 Å². The first-order valence-electron chi connectivity index (χ1n) is 10.5. The fourth-order valence-corrected chi connectivity index (χ4v) is 3.94. The highest BCUT2D eigenvalue weighted by molar-refractivity contribution is 9.10. The lowest BCUT2D eigenvalue weighted by molar-refractivity contribution is -0.116. The third-order valence-corrected chi connectivity index (χ3v) is 6.19. The first-order valence-corrected chi connectivity index (χ1v) is 12.1. The number of amides is 1. The van der Waals surface area contributed by atoms with Gasteiger partial charge >= 0.3 is 0 Å². The second-order valence-electron chi connectivity index (χ2n) is 7.28. The summed E-state index contributed by atoms with van der Waals surface area (Å²) in [5.41, 5.74) is 4.91. The van der Waals surface area contributed by atoms with E-state index < -0.39 is 5.91 Å². The molecule has 0 aromatic carbocycles. The number of halogens is 1. The lowest BCUT2D eigenvalue weighted by atomic mass is 10.1. The summed E-state index contributed by atoms with van der Waals surface area (Å²) in [6.07, 6.45) is 8.07. The molecule has 0 aliphatic rings. The highest BCUT2D eigenvalue weighted by Crippen LogP contribution is 2.22. The van der Waals surface area contributed by atoms with Crippen molar-refractivity contribution < 1.29 is 9.90 Å². The maximum absolute atomic E-state index is 12.7. The molecule has 2 rings (SSSR count). The molecule has 0 saturated carbocycles. The zero-order chi connectivity index (χ0) is 26.0. The van der Waals surface area contributed by atoms with Gasteiger partial charge in [0.1, 0.15) is 21.1 Å². The molecule has 12 heteroatoms. The normalized spacial score (nSPS) is 10.9. The number of rotatable bonds is 9. The number of anilines is 2. The van der Waals surface area contributed by atoms with Crippen LogP contribution in [0.4, 0.5) is 11.8 Å². The summed E-state index contributed by atoms with van der Waals surface area (Å²) in [6.45, 7) is 5.94. The van der Waals surface area contributed by atoms with Crippen molar-refractivity contribution in [2.24, 2.45) is 5.92 Å². The molecular formula is C23H24BrN7O3S. The SMILES string of the molecule is C#CCNC(=O)C(=C=c1sc(=C=CNc2ncc(Br)c(N[C@@H](CO)C(C)C)n2)c(=O)n1CC)C#N. The molecule has 1 amide bonds. The molecule has 4 N–H and O–H groups in total. The summed E-state index contributed by atoms with van der Waals surface area (Å²) in [6, 6.07) is 1.58. The van der Waals surface area contributed by atoms with Crippen molar-refractivity contribution >= 4 is 56.4 Å². The quantitative estimate of drug-likeness (QED) is 0.198. The predicted molar refractivity (Wildman–Crippen MR) is 139 cm³/mol. The van der Waals surface area contributed by atoms with Crippen LogP contribution in [-0.4, -0.2) is 44.7 Å². The van der Waals surface area contributed by atoms with Crippen LogP contribution >= 0.6 is 27.3 Å². The third-order valence-electron chi connectivity index (χ3n) is 4.59. The second kappa shape index (κ2) is 13.3. The molecule has 0 bridgehead atoms. The van der Waals surface area contributed by atoms with E-state index in [0.717, 1.165) is 11.3 Å². The molecule has 0 unspecified atom stereocenters. The van der Waals surface area contributed by atoms with Crippen molar-refractivity contribution in [1.82, 2.24) is 19.9 Å². The fourth-order valence-electron chi connectivity index (χ4n) is 2.65. The zero-order valence-electron chi connectivity index (χ0n) is 19.3. The van der Waals surface area contributed by atoms with E-state index in [4.69, 9.17) is 6.42 Å². The standard InChI is InChI=1S/C23H24BrN7O3S/c1-5-8-26-21(33)15(11-25)10-19-31(6-2)22(34)18(35-19)7-9-27-23-28-12-16(24)20(30-23)29-17(13-32)14(3)4/h1,9,12,14,17,32H,6,8,13H2,2-4H3,(H,26,33)(H2,27,28,29,30)/t7?,10?,17-/m0/s1. The lowest BCUT2D eigenvalue weighted by Crippen LogP contribution is -2.30. The van der Waals surface area contributed by atoms with Gasteiger partial charge in [-0.25, -0.2) is 4.98 Å². The van der Waals surface area contributed by atoms with Crippen LogP contribution in [0.5, 0.6) is 0 Å². The molecule has 182 valence electrons. The Bertz CT molecular complexity index is 1420. The number of terminal acetylenes is 1. The number of hydrogen-bond donors (Lipinski definition) is 4. The van der Waals surface area contributed by atoms with Gasteiger partial charge in [-0.15, -0.1) is 6.42 Å². The van der Waals surface area contributed by atoms with Crippen molar-refractivity contribution in [1.29, 1.82) is 5.26 Å². The summed E-state index contributed by atoms with van der Waals surface area (Å²) in [7, 11) is 0. The Hall–Kier alpha value is -3.63. The maximum Gasteiger partial charge on any atom is 0.277 e. The first kappa shape index (κ1) is 27.6. The average molecular weight is 558 g/mol. The van der Waals surface area contributed by atoms with Crippen LogP contribution in [-0.2, 0) is 11.3 Å². The van der Waals surface area contributed by atoms with Crippen molar-refractivity contribution in [3.05, 3.63) is 42.0 Å². The molecule has 0 saturated heterocycles. The molecule has 0 fully saturated rings. The van der Waals surface area contributed by atoms with Gasteiger partial charge in [-0.3, -0.25) is 14.2 Å². The Balaban J connectivity index is 2.45. The average Bonchev–Trinajstić information content (AvgIpc) is 3.14. The summed E-state index contributed by atoms with van der Waals surface area (Å²) < 4.78 is 2.55. The van der Waals surface area contributed by atoms with E-state index in [2.05, 4.69) is 59.2 Å². The van der Waals surface area contributed by atoms with Crippen molar-refractivity contribution in [2.45, 2.75) is 33.4 Å². The van der Waals surface area contributed by atoms with Crippen LogP contribution in [0.1, 0.15) is 20.8 Å². The Morgan fingerprint density at radius 2 is 2.20 bits per heavy atom. The Kier molecular flexibility index (Phi) is 10.5. The van der Waals surface area contributed by atoms with Crippen molar-refractivity contribution in [3.63, 3.8) is 0 Å². The van der Waals surface area contributed by atoms with Gasteiger partial charge in [0, 0.05) is 18.9 Å². The molecule has 10 nitrogen and oxygen atoms in total. The number of thiazole rings is 1. The molecular weight excluding hydrogens is 534 g/mol. The Morgan fingerprint density at radius 3 is 2.80 bits per heavy atom. The highest BCUT2D eigenvalue weighted by atomic mass is 79.9. The van der Waals surface area contributed by atoms with Crippen LogP contribution in [0.25, 0.3) is 11.5 Å². The van der Waals surface area contributed by atoms with E-state index in [9.17, 15) is 20.0 Å². The number of nitrogens with one attached hydrogen (secondary N) is 3. The Labute approximate surface area is 214 Å². The summed E-state index contributed by atoms with van der Waals surface area (Å²) in [4.78, 5) is 33.3. The molecule has 2 heterocycles. The number of aromatic nitrogens is 3. The lowest BCUT2D eigenvalue weighted by Gasteiger charge is -2.21. The monoisotopic (exact) mass is 557 g/mol. The van der Waals surface area contributed by atoms with Gasteiger partial charge in [0.15, 0.2) is 5.57 Å². The number of carbonyl (C=O) groups excluding carboxylic acids is 1. The molecule has 0 aliphatic carbocycles. The molecule has 2 aromatic rings. The van der Waals surface area contributed by atoms with Gasteiger partial charge in [0.05, 0.1) is 23.7 Å². The van der Waals surface area contributed by atoms with Gasteiger partial charge in [-0.2, -0.15) is 10.2 Å². The van der Waals surface area contributed by atoms with Crippen LogP contribution in [0.2, 0.25) is 0 Å². The smallest absolute Gasteiger partial charge is 0.277 e. The fraction of sp³-hybridized carbons (Fsp3) is 0.348. The van der Waals surface area contributed by atoms with Gasteiger partial charge in [-0.05, 0) is 28.8 Å². The van der Waals surface area contributed by atoms with Crippen LogP contribution in [0.15, 0.2) is 27.2 Å². The van der Waals surface area contributed by atoms with Crippen LogP contribution in [0.3, 0.4) is 0 Å². The van der Waals surface area contributed by atoms with Gasteiger partial charge in [0.2, 0.25) is 5.95 Å². The minimum absolute atomic E-state index is 0.0301. The molecule has 0 spiro atoms. The number of nitriles is 1. The van der Waals surface area contributed by atoms with Crippen LogP contribution < -0.4 is 30.7 Å². The zero-order valence-corrected chi connectivity index (χ0v) is 21.7. The van der Waals surface area contributed by atoms with Gasteiger partial charge in [0.25, 0.3) is 11.5 Å². The molecule has 35 heavy (non-hydrogen) atoms. The van der Waals surface area contributed by atoms with E-state index >= 15 is 0 Å². The van der Waals surface area contributed by atoms with Gasteiger partial charge < -0.3 is 21.1 Å². The van der Waals surface area contributed by atoms with Gasteiger partial charge in [-0.1, -0.05) is 42.6 Å². The minimum Gasteiger partial charge on any atom is -0.394 e. The van der Waals surface area contributed by atoms with E-state index in [-0.39, 0.29) is 46.7 Å². The Morgan fingerprint density at radius 1 is 1.46 bits per heavy atom. The largest absolute Gasteiger partial charge is 0.394 e. The first-order chi connectivity index (χ1) is 16.7. The van der Waals surface area contributed by atoms with Crippen molar-refractivity contribution in [3.8, 4) is 18.4 Å². The van der Waals surface area contributed by atoms with Crippen molar-refractivity contribution in [2.75, 3.05) is 23.8 Å². The van der Waals surface area contributed by atoms with E-state index in [1.807, 2.05) is 13.8 Å². The number of aliphatic hydroxyl groups excluding tert-OH is 1. The molecule has 1 atom stereocenters. The summed E-state index contributed by atoms with van der Waals surface area (Å²) in [5, 5.41) is 27.3. The topological polar surface area (TPSA) is 145 Å². The number of carbonyl (C=O) groups is 1. The number of nitrogens with zero attached hydrogens (tertiary/aromatic N) is 4. The number of hydrogen-bond acceptors (Lipinski definition) is 9. The predicted octanol–water partition coefficient (Wildman–Crippen LogP) is 0.495. The third kappa shape index (κ3) is 7.43. The minimum atomic E-state index is -0.672. The van der Waals surface area contributed by atoms with E-state index in [1.54, 1.807) is 19.2 Å². The second-order valence-corrected chi connectivity index (χ2v) is 9.14. The molecule has 0 radical (unpaired) electrons. The summed E-state index contributed by atoms with van der Waals surface area (Å²) >= 11 is 4.41. The number of aliphatic hydroxyl groups is 1. The van der Waals surface area contributed by atoms with E-state index in [1.165, 1.54) is 10.8 Å².